The number of carbonyl (C=O) groups is 3. The Kier molecular flexibility index (Phi) is 4.37. The van der Waals surface area contributed by atoms with Crippen LogP contribution in [0.15, 0.2) is 78.9 Å². The van der Waals surface area contributed by atoms with E-state index in [2.05, 4.69) is 0 Å². The van der Waals surface area contributed by atoms with E-state index in [4.69, 9.17) is 5.11 Å². The van der Waals surface area contributed by atoms with Gasteiger partial charge in [-0.3, -0.25) is 9.69 Å². The van der Waals surface area contributed by atoms with Crippen molar-refractivity contribution in [1.82, 2.24) is 0 Å². The van der Waals surface area contributed by atoms with E-state index in [9.17, 15) is 14.4 Å². The second kappa shape index (κ2) is 7.00. The van der Waals surface area contributed by atoms with Crippen LogP contribution in [-0.4, -0.2) is 29.6 Å². The number of nitrogens with zero attached hydrogens (tertiary/aromatic N) is 2. The summed E-state index contributed by atoms with van der Waals surface area (Å²) in [4.78, 5) is 38.8. The van der Waals surface area contributed by atoms with Crippen LogP contribution in [0.2, 0.25) is 0 Å². The molecule has 1 heterocycles. The number of carboxylic acid groups (broad SMARTS) is 1. The maximum atomic E-state index is 12.8. The third-order valence-corrected chi connectivity index (χ3v) is 4.60. The number of urea groups is 1. The second-order valence-corrected chi connectivity index (χ2v) is 6.37. The molecule has 6 heteroatoms. The Morgan fingerprint density at radius 1 is 0.786 bits per heavy atom. The van der Waals surface area contributed by atoms with Crippen molar-refractivity contribution < 1.29 is 19.5 Å². The first-order chi connectivity index (χ1) is 13.5. The van der Waals surface area contributed by atoms with Crippen LogP contribution in [0.3, 0.4) is 0 Å². The van der Waals surface area contributed by atoms with E-state index in [-0.39, 0.29) is 17.8 Å². The van der Waals surface area contributed by atoms with Gasteiger partial charge in [-0.25, -0.2) is 14.5 Å². The summed E-state index contributed by atoms with van der Waals surface area (Å²) in [6.45, 7) is -0.0964. The number of benzene rings is 3. The molecule has 0 unspecified atom stereocenters. The standard InChI is InChI=1S/C22H16N2O4/c25-20-14-23(18-11-9-16(10-12-18)15-5-2-1-3-6-15)22(28)24(20)19-8-4-7-17(13-19)21(26)27/h1-13H,14H2,(H,26,27). The van der Waals surface area contributed by atoms with Crippen LogP contribution >= 0.6 is 0 Å². The summed E-state index contributed by atoms with van der Waals surface area (Å²) < 4.78 is 0. The Hall–Kier alpha value is -3.93. The molecular formula is C22H16N2O4. The monoisotopic (exact) mass is 372 g/mol. The normalized spacial score (nSPS) is 13.9. The molecule has 1 N–H and O–H groups in total. The summed E-state index contributed by atoms with van der Waals surface area (Å²) in [5, 5.41) is 9.14. The van der Waals surface area contributed by atoms with Crippen LogP contribution in [-0.2, 0) is 4.79 Å². The Balaban J connectivity index is 1.61. The molecule has 6 nitrogen and oxygen atoms in total. The topological polar surface area (TPSA) is 77.9 Å². The van der Waals surface area contributed by atoms with Gasteiger partial charge in [0.1, 0.15) is 6.54 Å². The maximum Gasteiger partial charge on any atom is 0.336 e. The van der Waals surface area contributed by atoms with E-state index in [1.54, 1.807) is 18.2 Å². The molecular weight excluding hydrogens is 356 g/mol. The molecule has 138 valence electrons. The zero-order valence-corrected chi connectivity index (χ0v) is 14.8. The fraction of sp³-hybridized carbons (Fsp3) is 0.0455. The molecule has 1 fully saturated rings. The summed E-state index contributed by atoms with van der Waals surface area (Å²) in [7, 11) is 0. The van der Waals surface area contributed by atoms with Crippen molar-refractivity contribution in [2.24, 2.45) is 0 Å². The van der Waals surface area contributed by atoms with Crippen molar-refractivity contribution >= 4 is 29.3 Å². The van der Waals surface area contributed by atoms with Crippen molar-refractivity contribution in [3.05, 3.63) is 84.4 Å². The minimum absolute atomic E-state index is 0.0174. The Bertz CT molecular complexity index is 1060. The van der Waals surface area contributed by atoms with Gasteiger partial charge in [0.05, 0.1) is 11.3 Å². The van der Waals surface area contributed by atoms with Gasteiger partial charge < -0.3 is 5.11 Å². The van der Waals surface area contributed by atoms with Crippen molar-refractivity contribution in [3.8, 4) is 11.1 Å². The molecule has 28 heavy (non-hydrogen) atoms. The molecule has 3 aromatic carbocycles. The first kappa shape index (κ1) is 17.5. The smallest absolute Gasteiger partial charge is 0.336 e. The molecule has 0 aromatic heterocycles. The Morgan fingerprint density at radius 3 is 2.14 bits per heavy atom. The van der Waals surface area contributed by atoms with Crippen LogP contribution in [0.5, 0.6) is 0 Å². The predicted octanol–water partition coefficient (Wildman–Crippen LogP) is 4.03. The zero-order chi connectivity index (χ0) is 19.7. The van der Waals surface area contributed by atoms with E-state index >= 15 is 0 Å². The molecule has 0 radical (unpaired) electrons. The number of carbonyl (C=O) groups excluding carboxylic acids is 2. The molecule has 0 spiro atoms. The predicted molar refractivity (Wildman–Crippen MR) is 106 cm³/mol. The fourth-order valence-corrected chi connectivity index (χ4v) is 3.20. The average Bonchev–Trinajstić information content (AvgIpc) is 3.03. The van der Waals surface area contributed by atoms with E-state index in [0.29, 0.717) is 5.69 Å². The first-order valence-electron chi connectivity index (χ1n) is 8.68. The minimum atomic E-state index is -1.12. The van der Waals surface area contributed by atoms with E-state index in [0.717, 1.165) is 16.0 Å². The van der Waals surface area contributed by atoms with Crippen molar-refractivity contribution in [1.29, 1.82) is 0 Å². The molecule has 0 aliphatic carbocycles. The average molecular weight is 372 g/mol. The van der Waals surface area contributed by atoms with Crippen LogP contribution in [0.1, 0.15) is 10.4 Å². The van der Waals surface area contributed by atoms with Crippen molar-refractivity contribution in [3.63, 3.8) is 0 Å². The third kappa shape index (κ3) is 3.12. The fourth-order valence-electron chi connectivity index (χ4n) is 3.20. The number of aromatic carboxylic acids is 1. The Morgan fingerprint density at radius 2 is 1.46 bits per heavy atom. The van der Waals surface area contributed by atoms with Gasteiger partial charge in [-0.05, 0) is 41.5 Å². The molecule has 3 aromatic rings. The lowest BCUT2D eigenvalue weighted by Gasteiger charge is -2.18. The van der Waals surface area contributed by atoms with Crippen LogP contribution in [0, 0.1) is 0 Å². The van der Waals surface area contributed by atoms with Crippen molar-refractivity contribution in [2.75, 3.05) is 16.3 Å². The quantitative estimate of drug-likeness (QED) is 0.702. The number of carboxylic acids is 1. The highest BCUT2D eigenvalue weighted by atomic mass is 16.4. The van der Waals surface area contributed by atoms with Crippen LogP contribution in [0.4, 0.5) is 16.2 Å². The lowest BCUT2D eigenvalue weighted by molar-refractivity contribution is -0.115. The number of hydrogen-bond acceptors (Lipinski definition) is 3. The number of rotatable bonds is 4. The highest BCUT2D eigenvalue weighted by Crippen LogP contribution is 2.28. The van der Waals surface area contributed by atoms with Gasteiger partial charge in [-0.1, -0.05) is 48.5 Å². The molecule has 0 bridgehead atoms. The highest BCUT2D eigenvalue weighted by Gasteiger charge is 2.38. The number of amides is 3. The van der Waals surface area contributed by atoms with Gasteiger partial charge in [0, 0.05) is 5.69 Å². The molecule has 1 aliphatic heterocycles. The Labute approximate surface area is 161 Å². The molecule has 3 amide bonds. The summed E-state index contributed by atoms with van der Waals surface area (Å²) >= 11 is 0. The minimum Gasteiger partial charge on any atom is -0.478 e. The number of hydrogen-bond donors (Lipinski definition) is 1. The summed E-state index contributed by atoms with van der Waals surface area (Å²) in [6, 6.07) is 22.5. The lowest BCUT2D eigenvalue weighted by atomic mass is 10.1. The largest absolute Gasteiger partial charge is 0.478 e. The van der Waals surface area contributed by atoms with E-state index in [1.807, 2.05) is 42.5 Å². The van der Waals surface area contributed by atoms with Gasteiger partial charge in [-0.15, -0.1) is 0 Å². The highest BCUT2D eigenvalue weighted by molar-refractivity contribution is 6.27. The van der Waals surface area contributed by atoms with Gasteiger partial charge >= 0.3 is 12.0 Å². The third-order valence-electron chi connectivity index (χ3n) is 4.60. The molecule has 1 aliphatic rings. The van der Waals surface area contributed by atoms with E-state index < -0.39 is 17.9 Å². The van der Waals surface area contributed by atoms with Crippen LogP contribution < -0.4 is 9.80 Å². The summed E-state index contributed by atoms with van der Waals surface area (Å²) in [5.41, 5.74) is 2.94. The van der Waals surface area contributed by atoms with Gasteiger partial charge in [0.15, 0.2) is 0 Å². The molecule has 4 rings (SSSR count). The number of imide groups is 1. The molecule has 0 saturated carbocycles. The second-order valence-electron chi connectivity index (χ2n) is 6.37. The van der Waals surface area contributed by atoms with Gasteiger partial charge in [0.2, 0.25) is 0 Å². The maximum absolute atomic E-state index is 12.8. The van der Waals surface area contributed by atoms with Gasteiger partial charge in [0.25, 0.3) is 5.91 Å². The summed E-state index contributed by atoms with van der Waals surface area (Å²) in [5.74, 6) is -1.52. The molecule has 1 saturated heterocycles. The first-order valence-corrected chi connectivity index (χ1v) is 8.68. The van der Waals surface area contributed by atoms with Gasteiger partial charge in [-0.2, -0.15) is 0 Å². The SMILES string of the molecule is O=C(O)c1cccc(N2C(=O)CN(c3ccc(-c4ccccc4)cc3)C2=O)c1. The van der Waals surface area contributed by atoms with Crippen LogP contribution in [0.25, 0.3) is 11.1 Å². The number of anilines is 2. The summed E-state index contributed by atoms with van der Waals surface area (Å²) in [6.07, 6.45) is 0. The van der Waals surface area contributed by atoms with E-state index in [1.165, 1.54) is 23.1 Å². The molecule has 0 atom stereocenters. The zero-order valence-electron chi connectivity index (χ0n) is 14.8. The lowest BCUT2D eigenvalue weighted by Crippen LogP contribution is -2.33. The van der Waals surface area contributed by atoms with Crippen molar-refractivity contribution in [2.45, 2.75) is 0 Å².